The monoisotopic (exact) mass is 357 g/mol. The number of amides is 2. The molecule has 1 saturated heterocycles. The quantitative estimate of drug-likeness (QED) is 0.675. The van der Waals surface area contributed by atoms with Gasteiger partial charge in [0.15, 0.2) is 6.54 Å². The van der Waals surface area contributed by atoms with Gasteiger partial charge >= 0.3 is 0 Å². The molecule has 136 valence electrons. The molecule has 0 spiro atoms. The lowest BCUT2D eigenvalue weighted by atomic mass is 10.2. The molecule has 1 aliphatic heterocycles. The number of carbonyl (C=O) groups is 2. The van der Waals surface area contributed by atoms with Crippen molar-refractivity contribution in [3.8, 4) is 0 Å². The lowest BCUT2D eigenvalue weighted by Crippen LogP contribution is -3.16. The van der Waals surface area contributed by atoms with Gasteiger partial charge in [-0.05, 0) is 36.4 Å². The van der Waals surface area contributed by atoms with Crippen LogP contribution in [-0.2, 0) is 4.79 Å². The van der Waals surface area contributed by atoms with Gasteiger partial charge in [-0.3, -0.25) is 20.4 Å². The summed E-state index contributed by atoms with van der Waals surface area (Å²) in [6.45, 7) is 3.50. The number of quaternary nitrogens is 1. The molecule has 2 amide bonds. The van der Waals surface area contributed by atoms with Crippen LogP contribution in [0.15, 0.2) is 54.6 Å². The summed E-state index contributed by atoms with van der Waals surface area (Å²) in [5.41, 5.74) is 6.38. The molecular formula is C19H22FN4O2+. The van der Waals surface area contributed by atoms with Crippen LogP contribution in [0.25, 0.3) is 0 Å². The highest BCUT2D eigenvalue weighted by molar-refractivity contribution is 5.95. The minimum atomic E-state index is -0.338. The van der Waals surface area contributed by atoms with E-state index in [4.69, 9.17) is 0 Å². The van der Waals surface area contributed by atoms with E-state index in [-0.39, 0.29) is 17.6 Å². The van der Waals surface area contributed by atoms with Crippen LogP contribution in [0.5, 0.6) is 0 Å². The van der Waals surface area contributed by atoms with Crippen LogP contribution in [0.1, 0.15) is 10.4 Å². The van der Waals surface area contributed by atoms with E-state index in [2.05, 4.69) is 15.8 Å². The van der Waals surface area contributed by atoms with Gasteiger partial charge in [0.2, 0.25) is 0 Å². The van der Waals surface area contributed by atoms with Gasteiger partial charge in [0.05, 0.1) is 26.2 Å². The zero-order chi connectivity index (χ0) is 18.4. The van der Waals surface area contributed by atoms with Crippen LogP contribution in [0.4, 0.5) is 10.1 Å². The first-order chi connectivity index (χ1) is 12.6. The Morgan fingerprint density at radius 1 is 0.962 bits per heavy atom. The van der Waals surface area contributed by atoms with E-state index in [0.717, 1.165) is 36.8 Å². The maximum atomic E-state index is 13.0. The number of nitrogens with zero attached hydrogens (tertiary/aromatic N) is 1. The first kappa shape index (κ1) is 17.9. The maximum absolute atomic E-state index is 13.0. The second-order valence-electron chi connectivity index (χ2n) is 6.26. The van der Waals surface area contributed by atoms with Crippen molar-refractivity contribution in [3.05, 3.63) is 66.0 Å². The third-order valence-corrected chi connectivity index (χ3v) is 4.42. The van der Waals surface area contributed by atoms with E-state index >= 15 is 0 Å². The molecule has 0 aromatic heterocycles. The van der Waals surface area contributed by atoms with Crippen LogP contribution in [0, 0.1) is 5.82 Å². The number of benzene rings is 2. The second kappa shape index (κ2) is 8.44. The fraction of sp³-hybridized carbons (Fsp3) is 0.263. The van der Waals surface area contributed by atoms with Crippen LogP contribution in [-0.4, -0.2) is 44.5 Å². The normalized spacial score (nSPS) is 14.7. The third-order valence-electron chi connectivity index (χ3n) is 4.42. The number of hydrogen-bond acceptors (Lipinski definition) is 3. The largest absolute Gasteiger partial charge is 0.360 e. The van der Waals surface area contributed by atoms with Gasteiger partial charge in [-0.1, -0.05) is 18.2 Å². The van der Waals surface area contributed by atoms with Crippen molar-refractivity contribution in [1.29, 1.82) is 0 Å². The van der Waals surface area contributed by atoms with Gasteiger partial charge in [-0.2, -0.15) is 0 Å². The smallest absolute Gasteiger partial charge is 0.293 e. The van der Waals surface area contributed by atoms with Gasteiger partial charge in [0.1, 0.15) is 5.82 Å². The predicted octanol–water partition coefficient (Wildman–Crippen LogP) is -0.00820. The zero-order valence-corrected chi connectivity index (χ0v) is 14.4. The number of anilines is 1. The number of rotatable bonds is 4. The van der Waals surface area contributed by atoms with Crippen molar-refractivity contribution < 1.29 is 18.9 Å². The zero-order valence-electron chi connectivity index (χ0n) is 14.4. The second-order valence-corrected chi connectivity index (χ2v) is 6.26. The average Bonchev–Trinajstić information content (AvgIpc) is 2.68. The lowest BCUT2D eigenvalue weighted by Gasteiger charge is -2.33. The number of piperazine rings is 1. The Bertz CT molecular complexity index is 744. The Morgan fingerprint density at radius 3 is 2.27 bits per heavy atom. The van der Waals surface area contributed by atoms with E-state index in [1.165, 1.54) is 12.1 Å². The summed E-state index contributed by atoms with van der Waals surface area (Å²) in [5, 5.41) is 0. The predicted molar refractivity (Wildman–Crippen MR) is 96.2 cm³/mol. The first-order valence-corrected chi connectivity index (χ1v) is 8.60. The van der Waals surface area contributed by atoms with Crippen molar-refractivity contribution in [2.24, 2.45) is 0 Å². The Balaban J connectivity index is 1.40. The van der Waals surface area contributed by atoms with E-state index in [0.29, 0.717) is 12.1 Å². The molecule has 3 rings (SSSR count). The summed E-state index contributed by atoms with van der Waals surface area (Å²) in [7, 11) is 0. The highest BCUT2D eigenvalue weighted by Crippen LogP contribution is 2.14. The Labute approximate surface area is 151 Å². The molecule has 1 fully saturated rings. The van der Waals surface area contributed by atoms with Crippen molar-refractivity contribution in [3.63, 3.8) is 0 Å². The van der Waals surface area contributed by atoms with Gasteiger partial charge < -0.3 is 9.80 Å². The number of carbonyl (C=O) groups excluding carboxylic acids is 2. The molecular weight excluding hydrogens is 335 g/mol. The van der Waals surface area contributed by atoms with Gasteiger partial charge in [-0.25, -0.2) is 4.39 Å². The Hall–Kier alpha value is -2.93. The fourth-order valence-electron chi connectivity index (χ4n) is 2.97. The summed E-state index contributed by atoms with van der Waals surface area (Å²) in [5.74, 6) is -0.804. The molecule has 0 saturated carbocycles. The molecule has 3 N–H and O–H groups in total. The summed E-state index contributed by atoms with van der Waals surface area (Å²) >= 11 is 0. The van der Waals surface area contributed by atoms with Gasteiger partial charge in [0, 0.05) is 11.3 Å². The van der Waals surface area contributed by atoms with E-state index < -0.39 is 0 Å². The molecule has 0 aliphatic carbocycles. The summed E-state index contributed by atoms with van der Waals surface area (Å²) < 4.78 is 13.0. The van der Waals surface area contributed by atoms with Crippen molar-refractivity contribution in [2.75, 3.05) is 37.6 Å². The molecule has 1 heterocycles. The molecule has 6 nitrogen and oxygen atoms in total. The average molecular weight is 357 g/mol. The van der Waals surface area contributed by atoms with E-state index in [1.807, 2.05) is 6.07 Å². The lowest BCUT2D eigenvalue weighted by molar-refractivity contribution is -0.892. The van der Waals surface area contributed by atoms with E-state index in [9.17, 15) is 14.0 Å². The molecule has 0 radical (unpaired) electrons. The van der Waals surface area contributed by atoms with Crippen LogP contribution in [0.3, 0.4) is 0 Å². The molecule has 1 aliphatic rings. The fourth-order valence-corrected chi connectivity index (χ4v) is 2.97. The van der Waals surface area contributed by atoms with Crippen molar-refractivity contribution in [1.82, 2.24) is 10.9 Å². The maximum Gasteiger partial charge on any atom is 0.293 e. The number of halogens is 1. The molecule has 7 heteroatoms. The summed E-state index contributed by atoms with van der Waals surface area (Å²) in [4.78, 5) is 27.3. The first-order valence-electron chi connectivity index (χ1n) is 8.60. The standard InChI is InChI=1S/C19H21FN4O2/c20-16-6-8-17(9-7-16)24-12-10-23(11-13-24)14-18(25)21-22-19(26)15-4-2-1-3-5-15/h1-9H,10-14H2,(H,21,25)(H,22,26)/p+1. The number of nitrogens with one attached hydrogen (secondary N) is 3. The molecule has 0 bridgehead atoms. The van der Waals surface area contributed by atoms with E-state index in [1.54, 1.807) is 36.4 Å². The summed E-state index contributed by atoms with van der Waals surface area (Å²) in [6.07, 6.45) is 0. The van der Waals surface area contributed by atoms with Crippen LogP contribution < -0.4 is 20.7 Å². The SMILES string of the molecule is O=C(C[NH+]1CCN(c2ccc(F)cc2)CC1)NNC(=O)c1ccccc1. The molecule has 26 heavy (non-hydrogen) atoms. The number of hydrazine groups is 1. The highest BCUT2D eigenvalue weighted by atomic mass is 19.1. The topological polar surface area (TPSA) is 65.9 Å². The minimum Gasteiger partial charge on any atom is -0.360 e. The van der Waals surface area contributed by atoms with Crippen molar-refractivity contribution in [2.45, 2.75) is 0 Å². The molecule has 2 aromatic carbocycles. The highest BCUT2D eigenvalue weighted by Gasteiger charge is 2.22. The summed E-state index contributed by atoms with van der Waals surface area (Å²) in [6, 6.07) is 15.2. The minimum absolute atomic E-state index is 0.223. The van der Waals surface area contributed by atoms with Crippen LogP contribution in [0.2, 0.25) is 0 Å². The molecule has 0 atom stereocenters. The number of hydrogen-bond donors (Lipinski definition) is 3. The molecule has 0 unspecified atom stereocenters. The van der Waals surface area contributed by atoms with Crippen LogP contribution >= 0.6 is 0 Å². The van der Waals surface area contributed by atoms with Crippen molar-refractivity contribution >= 4 is 17.5 Å². The Morgan fingerprint density at radius 2 is 1.62 bits per heavy atom. The molecule has 2 aromatic rings. The third kappa shape index (κ3) is 4.80. The van der Waals surface area contributed by atoms with Gasteiger partial charge in [-0.15, -0.1) is 0 Å². The van der Waals surface area contributed by atoms with Gasteiger partial charge in [0.25, 0.3) is 11.8 Å². The Kier molecular flexibility index (Phi) is 5.80.